The van der Waals surface area contributed by atoms with Crippen molar-refractivity contribution >= 4 is 17.1 Å². The van der Waals surface area contributed by atoms with Gasteiger partial charge in [-0.15, -0.1) is 0 Å². The quantitative estimate of drug-likeness (QED) is 0.771. The number of fused-ring (bicyclic) bond motifs is 1. The average molecular weight is 333 g/mol. The van der Waals surface area contributed by atoms with Crippen LogP contribution in [0.4, 0.5) is 4.79 Å². The van der Waals surface area contributed by atoms with Crippen LogP contribution in [0.1, 0.15) is 25.7 Å². The molecule has 0 aliphatic heterocycles. The Labute approximate surface area is 139 Å². The number of amides is 2. The lowest BCUT2D eigenvalue weighted by molar-refractivity contribution is 0.101. The van der Waals surface area contributed by atoms with Crippen molar-refractivity contribution in [3.8, 4) is 0 Å². The van der Waals surface area contributed by atoms with Gasteiger partial charge < -0.3 is 20.2 Å². The van der Waals surface area contributed by atoms with Gasteiger partial charge in [-0.2, -0.15) is 0 Å². The summed E-state index contributed by atoms with van der Waals surface area (Å²) in [6.07, 6.45) is 3.40. The summed E-state index contributed by atoms with van der Waals surface area (Å²) in [4.78, 5) is 23.7. The second-order valence-electron chi connectivity index (χ2n) is 6.31. The molecule has 7 nitrogen and oxygen atoms in total. The highest BCUT2D eigenvalue weighted by Gasteiger charge is 2.20. The highest BCUT2D eigenvalue weighted by atomic mass is 16.4. The Hall–Kier alpha value is -2.28. The number of hydrogen-bond acceptors (Lipinski definition) is 4. The molecule has 1 heterocycles. The summed E-state index contributed by atoms with van der Waals surface area (Å²) in [6, 6.07) is 6.95. The summed E-state index contributed by atoms with van der Waals surface area (Å²) in [5.41, 5.74) is 1.27. The normalized spacial score (nSPS) is 20.9. The van der Waals surface area contributed by atoms with Gasteiger partial charge in [0.15, 0.2) is 5.58 Å². The summed E-state index contributed by atoms with van der Waals surface area (Å²) >= 11 is 0. The molecule has 1 fully saturated rings. The van der Waals surface area contributed by atoms with Crippen LogP contribution in [-0.4, -0.2) is 34.9 Å². The molecular weight excluding hydrogens is 310 g/mol. The third-order valence-corrected chi connectivity index (χ3v) is 4.50. The van der Waals surface area contributed by atoms with Crippen molar-refractivity contribution in [1.29, 1.82) is 0 Å². The maximum Gasteiger partial charge on any atom is 0.420 e. The monoisotopic (exact) mass is 333 g/mol. The number of carbonyl (C=O) groups is 1. The number of nitrogens with one attached hydrogen (secondary N) is 2. The molecule has 0 bridgehead atoms. The molecule has 3 rings (SSSR count). The Kier molecular flexibility index (Phi) is 5.20. The van der Waals surface area contributed by atoms with Gasteiger partial charge >= 0.3 is 11.8 Å². The zero-order valence-corrected chi connectivity index (χ0v) is 13.5. The van der Waals surface area contributed by atoms with E-state index >= 15 is 0 Å². The average Bonchev–Trinajstić information content (AvgIpc) is 2.89. The van der Waals surface area contributed by atoms with E-state index in [1.54, 1.807) is 6.07 Å². The molecule has 1 aromatic heterocycles. The standard InChI is InChI=1S/C17H23N3O4/c21-13-5-3-4-12(10-13)11-19-16(22)18-8-9-20-14-6-1-2-7-15(14)24-17(20)23/h1-2,6-7,12-13,21H,3-5,8-11H2,(H2,18,19,22). The molecule has 2 amide bonds. The van der Waals surface area contributed by atoms with Crippen LogP contribution < -0.4 is 16.4 Å². The van der Waals surface area contributed by atoms with Crippen molar-refractivity contribution in [3.05, 3.63) is 34.8 Å². The van der Waals surface area contributed by atoms with Gasteiger partial charge in [-0.3, -0.25) is 4.57 Å². The van der Waals surface area contributed by atoms with Crippen LogP contribution in [0, 0.1) is 5.92 Å². The summed E-state index contributed by atoms with van der Waals surface area (Å²) < 4.78 is 6.66. The van der Waals surface area contributed by atoms with E-state index in [9.17, 15) is 14.7 Å². The third kappa shape index (κ3) is 3.97. The molecule has 130 valence electrons. The molecular formula is C17H23N3O4. The number of nitrogens with zero attached hydrogens (tertiary/aromatic N) is 1. The lowest BCUT2D eigenvalue weighted by atomic mass is 9.87. The topological polar surface area (TPSA) is 96.5 Å². The van der Waals surface area contributed by atoms with Gasteiger partial charge in [0.2, 0.25) is 0 Å². The first-order valence-corrected chi connectivity index (χ1v) is 8.41. The number of rotatable bonds is 5. The van der Waals surface area contributed by atoms with Crippen molar-refractivity contribution in [3.63, 3.8) is 0 Å². The number of aromatic nitrogens is 1. The fourth-order valence-electron chi connectivity index (χ4n) is 3.25. The summed E-state index contributed by atoms with van der Waals surface area (Å²) in [5.74, 6) is -0.0884. The van der Waals surface area contributed by atoms with Gasteiger partial charge in [0.25, 0.3) is 0 Å². The number of benzene rings is 1. The van der Waals surface area contributed by atoms with Gasteiger partial charge in [0.05, 0.1) is 11.6 Å². The molecule has 0 spiro atoms. The van der Waals surface area contributed by atoms with E-state index in [-0.39, 0.29) is 12.1 Å². The van der Waals surface area contributed by atoms with Crippen LogP contribution in [0.25, 0.3) is 11.1 Å². The van der Waals surface area contributed by atoms with Crippen LogP contribution in [0.15, 0.2) is 33.5 Å². The molecule has 0 saturated heterocycles. The largest absolute Gasteiger partial charge is 0.420 e. The van der Waals surface area contributed by atoms with Gasteiger partial charge in [-0.25, -0.2) is 9.59 Å². The Bertz CT molecular complexity index is 752. The van der Waals surface area contributed by atoms with Crippen molar-refractivity contribution in [1.82, 2.24) is 15.2 Å². The van der Waals surface area contributed by atoms with Crippen LogP contribution >= 0.6 is 0 Å². The van der Waals surface area contributed by atoms with E-state index in [1.165, 1.54) is 4.57 Å². The number of carbonyl (C=O) groups excluding carboxylic acids is 1. The molecule has 2 atom stereocenters. The second-order valence-corrected chi connectivity index (χ2v) is 6.31. The molecule has 2 aromatic rings. The highest BCUT2D eigenvalue weighted by Crippen LogP contribution is 2.23. The van der Waals surface area contributed by atoms with E-state index in [1.807, 2.05) is 18.2 Å². The molecule has 7 heteroatoms. The first kappa shape index (κ1) is 16.6. The second kappa shape index (κ2) is 7.53. The predicted octanol–water partition coefficient (Wildman–Crippen LogP) is 1.44. The maximum absolute atomic E-state index is 11.8. The maximum atomic E-state index is 11.8. The van der Waals surface area contributed by atoms with E-state index in [0.29, 0.717) is 31.1 Å². The Morgan fingerprint density at radius 3 is 2.96 bits per heavy atom. The van der Waals surface area contributed by atoms with Crippen molar-refractivity contribution in [2.24, 2.45) is 5.92 Å². The summed E-state index contributed by atoms with van der Waals surface area (Å²) in [5, 5.41) is 15.2. The van der Waals surface area contributed by atoms with Gasteiger partial charge in [-0.1, -0.05) is 18.6 Å². The Morgan fingerprint density at radius 1 is 1.29 bits per heavy atom. The highest BCUT2D eigenvalue weighted by molar-refractivity contribution is 5.74. The van der Waals surface area contributed by atoms with Gasteiger partial charge in [-0.05, 0) is 37.3 Å². The third-order valence-electron chi connectivity index (χ3n) is 4.50. The first-order valence-electron chi connectivity index (χ1n) is 8.41. The number of aliphatic hydroxyl groups excluding tert-OH is 1. The van der Waals surface area contributed by atoms with E-state index in [0.717, 1.165) is 31.2 Å². The fourth-order valence-corrected chi connectivity index (χ4v) is 3.25. The van der Waals surface area contributed by atoms with Crippen molar-refractivity contribution < 1.29 is 14.3 Å². The van der Waals surface area contributed by atoms with Gasteiger partial charge in [0, 0.05) is 19.6 Å². The molecule has 3 N–H and O–H groups in total. The minimum atomic E-state index is -0.422. The Morgan fingerprint density at radius 2 is 2.12 bits per heavy atom. The minimum absolute atomic E-state index is 0.241. The number of aliphatic hydroxyl groups is 1. The first-order chi connectivity index (χ1) is 11.6. The molecule has 1 aromatic carbocycles. The number of para-hydroxylation sites is 2. The van der Waals surface area contributed by atoms with Crippen LogP contribution in [-0.2, 0) is 6.54 Å². The van der Waals surface area contributed by atoms with E-state index in [2.05, 4.69) is 10.6 Å². The molecule has 1 aliphatic carbocycles. The van der Waals surface area contributed by atoms with Gasteiger partial charge in [0.1, 0.15) is 0 Å². The minimum Gasteiger partial charge on any atom is -0.408 e. The van der Waals surface area contributed by atoms with E-state index in [4.69, 9.17) is 4.42 Å². The fraction of sp³-hybridized carbons (Fsp3) is 0.529. The zero-order valence-electron chi connectivity index (χ0n) is 13.5. The molecule has 2 unspecified atom stereocenters. The molecule has 24 heavy (non-hydrogen) atoms. The van der Waals surface area contributed by atoms with Crippen LogP contribution in [0.2, 0.25) is 0 Å². The molecule has 0 radical (unpaired) electrons. The number of hydrogen-bond donors (Lipinski definition) is 3. The number of oxazole rings is 1. The predicted molar refractivity (Wildman–Crippen MR) is 89.8 cm³/mol. The van der Waals surface area contributed by atoms with E-state index < -0.39 is 5.76 Å². The smallest absolute Gasteiger partial charge is 0.408 e. The zero-order chi connectivity index (χ0) is 16.9. The van der Waals surface area contributed by atoms with Crippen LogP contribution in [0.3, 0.4) is 0 Å². The lowest BCUT2D eigenvalue weighted by Gasteiger charge is -2.25. The lowest BCUT2D eigenvalue weighted by Crippen LogP contribution is -2.41. The Balaban J connectivity index is 1.45. The van der Waals surface area contributed by atoms with Crippen LogP contribution in [0.5, 0.6) is 0 Å². The number of urea groups is 1. The van der Waals surface area contributed by atoms with Crippen molar-refractivity contribution in [2.75, 3.05) is 13.1 Å². The summed E-state index contributed by atoms with van der Waals surface area (Å²) in [7, 11) is 0. The SMILES string of the molecule is O=C(NCCn1c(=O)oc2ccccc21)NCC1CCCC(O)C1. The van der Waals surface area contributed by atoms with Crippen molar-refractivity contribution in [2.45, 2.75) is 38.3 Å². The molecule has 1 saturated carbocycles. The summed E-state index contributed by atoms with van der Waals surface area (Å²) in [6.45, 7) is 1.26. The molecule has 1 aliphatic rings.